The number of amides is 1. The fraction of sp³-hybridized carbons (Fsp3) is 0.636. The highest BCUT2D eigenvalue weighted by atomic mass is 32.2. The molecule has 1 aliphatic heterocycles. The largest absolute Gasteiger partial charge is 0.304 e. The van der Waals surface area contributed by atoms with Crippen molar-refractivity contribution in [2.75, 3.05) is 0 Å². The number of carbonyl (C=O) groups is 1. The lowest BCUT2D eigenvalue weighted by Gasteiger charge is -2.28. The first kappa shape index (κ1) is 12.5. The molecule has 1 N–H and O–H groups in total. The molecule has 1 saturated carbocycles. The van der Waals surface area contributed by atoms with Gasteiger partial charge < -0.3 is 5.32 Å². The minimum absolute atomic E-state index is 0.0829. The number of hydrogen-bond acceptors (Lipinski definition) is 3. The van der Waals surface area contributed by atoms with Crippen LogP contribution in [0.2, 0.25) is 0 Å². The first-order chi connectivity index (χ1) is 7.87. The maximum absolute atomic E-state index is 13.1. The van der Waals surface area contributed by atoms with Crippen molar-refractivity contribution in [3.05, 3.63) is 12.2 Å². The number of alkyl halides is 2. The lowest BCUT2D eigenvalue weighted by molar-refractivity contribution is -0.118. The summed E-state index contributed by atoms with van der Waals surface area (Å²) in [7, 11) is 0. The maximum Gasteiger partial charge on any atom is 0.251 e. The molecule has 94 valence electrons. The molecule has 0 spiro atoms. The smallest absolute Gasteiger partial charge is 0.251 e. The molecule has 0 bridgehead atoms. The zero-order valence-corrected chi connectivity index (χ0v) is 10.3. The summed E-state index contributed by atoms with van der Waals surface area (Å²) in [6.07, 6.45) is -0.176. The number of amidine groups is 1. The molecule has 1 unspecified atom stereocenters. The number of nitrogens with one attached hydrogen (secondary N) is 1. The second-order valence-corrected chi connectivity index (χ2v) is 5.76. The highest BCUT2D eigenvalue weighted by Crippen LogP contribution is 2.37. The van der Waals surface area contributed by atoms with E-state index in [0.29, 0.717) is 17.2 Å². The topological polar surface area (TPSA) is 41.5 Å². The predicted octanol–water partition coefficient (Wildman–Crippen LogP) is 2.34. The average Bonchev–Trinajstić information content (AvgIpc) is 2.50. The van der Waals surface area contributed by atoms with Crippen LogP contribution in [0, 0.1) is 0 Å². The maximum atomic E-state index is 13.1. The summed E-state index contributed by atoms with van der Waals surface area (Å²) < 4.78 is 26.2. The molecular formula is C11H14F2N2OS. The molecule has 0 radical (unpaired) electrons. The number of hydrogen-bond donors (Lipinski definition) is 1. The quantitative estimate of drug-likeness (QED) is 0.735. The number of carbonyl (C=O) groups excluding carboxylic acids is 1. The van der Waals surface area contributed by atoms with E-state index in [4.69, 9.17) is 0 Å². The van der Waals surface area contributed by atoms with E-state index in [-0.39, 0.29) is 30.0 Å². The van der Waals surface area contributed by atoms with Crippen molar-refractivity contribution in [1.29, 1.82) is 0 Å². The van der Waals surface area contributed by atoms with Crippen LogP contribution in [0.15, 0.2) is 17.1 Å². The highest BCUT2D eigenvalue weighted by molar-refractivity contribution is 8.15. The molecule has 0 aromatic carbocycles. The Bertz CT molecular complexity index is 395. The second kappa shape index (κ2) is 4.40. The molecule has 1 heterocycles. The molecule has 2 atom stereocenters. The van der Waals surface area contributed by atoms with Crippen molar-refractivity contribution in [2.24, 2.45) is 4.99 Å². The fourth-order valence-electron chi connectivity index (χ4n) is 1.91. The summed E-state index contributed by atoms with van der Waals surface area (Å²) in [4.78, 5) is 15.6. The Morgan fingerprint density at radius 1 is 1.59 bits per heavy atom. The third-order valence-corrected chi connectivity index (χ3v) is 3.90. The van der Waals surface area contributed by atoms with Crippen LogP contribution >= 0.6 is 11.8 Å². The zero-order chi connectivity index (χ0) is 12.6. The molecule has 3 nitrogen and oxygen atoms in total. The third kappa shape index (κ3) is 2.86. The summed E-state index contributed by atoms with van der Waals surface area (Å²) in [5.74, 6) is -2.73. The van der Waals surface area contributed by atoms with Crippen molar-refractivity contribution in [2.45, 2.75) is 43.4 Å². The van der Waals surface area contributed by atoms with Crippen molar-refractivity contribution in [1.82, 2.24) is 5.32 Å². The summed E-state index contributed by atoms with van der Waals surface area (Å²) in [5.41, 5.74) is 0.447. The van der Waals surface area contributed by atoms with Gasteiger partial charge in [0, 0.05) is 12.8 Å². The molecular weight excluding hydrogens is 246 g/mol. The van der Waals surface area contributed by atoms with Crippen molar-refractivity contribution < 1.29 is 13.6 Å². The Hall–Kier alpha value is -0.910. The van der Waals surface area contributed by atoms with Crippen LogP contribution in [-0.2, 0) is 4.79 Å². The molecule has 6 heteroatoms. The molecule has 2 rings (SSSR count). The van der Waals surface area contributed by atoms with Gasteiger partial charge in [-0.05, 0) is 18.9 Å². The van der Waals surface area contributed by atoms with Gasteiger partial charge in [-0.25, -0.2) is 8.78 Å². The van der Waals surface area contributed by atoms with Gasteiger partial charge in [0.1, 0.15) is 0 Å². The minimum Gasteiger partial charge on any atom is -0.304 e. The van der Waals surface area contributed by atoms with Gasteiger partial charge in [0.15, 0.2) is 5.17 Å². The van der Waals surface area contributed by atoms with E-state index in [1.54, 1.807) is 6.92 Å². The van der Waals surface area contributed by atoms with Crippen LogP contribution in [0.5, 0.6) is 0 Å². The van der Waals surface area contributed by atoms with E-state index in [1.807, 2.05) is 0 Å². The van der Waals surface area contributed by atoms with E-state index in [0.717, 1.165) is 0 Å². The van der Waals surface area contributed by atoms with Gasteiger partial charge in [-0.15, -0.1) is 0 Å². The number of aliphatic imine (C=N–C) groups is 1. The van der Waals surface area contributed by atoms with Crippen LogP contribution < -0.4 is 5.32 Å². The third-order valence-electron chi connectivity index (χ3n) is 2.90. The molecule has 1 amide bonds. The second-order valence-electron chi connectivity index (χ2n) is 4.43. The first-order valence-electron chi connectivity index (χ1n) is 5.48. The monoisotopic (exact) mass is 260 g/mol. The molecule has 0 aromatic heterocycles. The number of halogens is 2. The molecule has 1 saturated heterocycles. The van der Waals surface area contributed by atoms with E-state index in [9.17, 15) is 13.6 Å². The molecule has 17 heavy (non-hydrogen) atoms. The Morgan fingerprint density at radius 2 is 2.29 bits per heavy atom. The summed E-state index contributed by atoms with van der Waals surface area (Å²) >= 11 is 1.33. The van der Waals surface area contributed by atoms with Gasteiger partial charge in [0.2, 0.25) is 5.91 Å². The predicted molar refractivity (Wildman–Crippen MR) is 64.4 cm³/mol. The van der Waals surface area contributed by atoms with E-state index in [1.165, 1.54) is 11.8 Å². The Morgan fingerprint density at radius 3 is 2.82 bits per heavy atom. The van der Waals surface area contributed by atoms with Crippen LogP contribution in [-0.4, -0.2) is 28.3 Å². The average molecular weight is 260 g/mol. The SMILES string of the molecule is C=C1CC(F)(F)CCC1N=C1NC(=O)[C@@H](C)S1. The Kier molecular flexibility index (Phi) is 3.25. The Balaban J connectivity index is 2.03. The number of rotatable bonds is 1. The summed E-state index contributed by atoms with van der Waals surface area (Å²) in [6, 6.07) is -0.289. The zero-order valence-electron chi connectivity index (χ0n) is 9.50. The van der Waals surface area contributed by atoms with Gasteiger partial charge in [-0.2, -0.15) is 0 Å². The number of thioether (sulfide) groups is 1. The van der Waals surface area contributed by atoms with E-state index >= 15 is 0 Å². The summed E-state index contributed by atoms with van der Waals surface area (Å²) in [5, 5.41) is 3.00. The van der Waals surface area contributed by atoms with Crippen molar-refractivity contribution >= 4 is 22.8 Å². The van der Waals surface area contributed by atoms with Gasteiger partial charge in [-0.1, -0.05) is 18.3 Å². The highest BCUT2D eigenvalue weighted by Gasteiger charge is 2.38. The molecule has 2 aliphatic rings. The van der Waals surface area contributed by atoms with E-state index < -0.39 is 5.92 Å². The molecule has 1 aliphatic carbocycles. The van der Waals surface area contributed by atoms with E-state index in [2.05, 4.69) is 16.9 Å². The van der Waals surface area contributed by atoms with Crippen LogP contribution in [0.4, 0.5) is 8.78 Å². The molecule has 2 fully saturated rings. The van der Waals surface area contributed by atoms with Crippen molar-refractivity contribution in [3.63, 3.8) is 0 Å². The van der Waals surface area contributed by atoms with Crippen molar-refractivity contribution in [3.8, 4) is 0 Å². The van der Waals surface area contributed by atoms with Crippen LogP contribution in [0.25, 0.3) is 0 Å². The van der Waals surface area contributed by atoms with Crippen LogP contribution in [0.1, 0.15) is 26.2 Å². The Labute approximate surface area is 103 Å². The molecule has 0 aromatic rings. The standard InChI is InChI=1S/C11H14F2N2OS/c1-6-5-11(12,13)4-3-8(6)14-10-15-9(16)7(2)17-10/h7-8H,1,3-5H2,2H3,(H,14,15,16)/t7-,8?/m1/s1. The summed E-state index contributed by atoms with van der Waals surface area (Å²) in [6.45, 7) is 5.45. The first-order valence-corrected chi connectivity index (χ1v) is 6.36. The van der Waals surface area contributed by atoms with Crippen LogP contribution in [0.3, 0.4) is 0 Å². The van der Waals surface area contributed by atoms with Gasteiger partial charge >= 0.3 is 0 Å². The normalized spacial score (nSPS) is 35.1. The minimum atomic E-state index is -2.65. The number of nitrogens with zero attached hydrogens (tertiary/aromatic N) is 1. The lowest BCUT2D eigenvalue weighted by Crippen LogP contribution is -2.30. The van der Waals surface area contributed by atoms with Gasteiger partial charge in [0.25, 0.3) is 5.92 Å². The lowest BCUT2D eigenvalue weighted by atomic mass is 9.89. The van der Waals surface area contributed by atoms with Gasteiger partial charge in [0.05, 0.1) is 11.3 Å². The fourth-order valence-corrected chi connectivity index (χ4v) is 2.76. The van der Waals surface area contributed by atoms with Gasteiger partial charge in [-0.3, -0.25) is 9.79 Å².